The molecule has 1 amide bonds. The molecular formula is C19H23F3N2O4S. The highest BCUT2D eigenvalue weighted by atomic mass is 32.2. The van der Waals surface area contributed by atoms with Crippen molar-refractivity contribution in [3.8, 4) is 0 Å². The van der Waals surface area contributed by atoms with Crippen molar-refractivity contribution < 1.29 is 31.5 Å². The summed E-state index contributed by atoms with van der Waals surface area (Å²) >= 11 is 0. The van der Waals surface area contributed by atoms with Crippen LogP contribution >= 0.6 is 0 Å². The van der Waals surface area contributed by atoms with E-state index in [4.69, 9.17) is 0 Å². The number of amides is 1. The van der Waals surface area contributed by atoms with Gasteiger partial charge in [-0.25, -0.2) is 8.42 Å². The van der Waals surface area contributed by atoms with Crippen LogP contribution in [0, 0.1) is 5.92 Å². The van der Waals surface area contributed by atoms with E-state index in [1.807, 2.05) is 4.90 Å². The molecule has 1 aromatic carbocycles. The molecule has 0 radical (unpaired) electrons. The van der Waals surface area contributed by atoms with Gasteiger partial charge in [0.05, 0.1) is 29.2 Å². The highest BCUT2D eigenvalue weighted by molar-refractivity contribution is 7.91. The summed E-state index contributed by atoms with van der Waals surface area (Å²) in [6.45, 7) is 1.91. The molecule has 2 saturated heterocycles. The average Bonchev–Trinajstić information content (AvgIpc) is 3.40. The number of hydrogen-bond donors (Lipinski definition) is 1. The number of aliphatic hydroxyl groups is 1. The monoisotopic (exact) mass is 432 g/mol. The predicted octanol–water partition coefficient (Wildman–Crippen LogP) is 1.11. The second-order valence-corrected chi connectivity index (χ2v) is 10.3. The van der Waals surface area contributed by atoms with Crippen molar-refractivity contribution in [3.63, 3.8) is 0 Å². The van der Waals surface area contributed by atoms with Gasteiger partial charge in [0, 0.05) is 32.1 Å². The second kappa shape index (κ2) is 7.24. The lowest BCUT2D eigenvalue weighted by Crippen LogP contribution is -2.55. The fraction of sp³-hybridized carbons (Fsp3) is 0.632. The van der Waals surface area contributed by atoms with Gasteiger partial charge in [-0.1, -0.05) is 12.1 Å². The van der Waals surface area contributed by atoms with Crippen LogP contribution in [0.15, 0.2) is 24.3 Å². The molecule has 1 saturated carbocycles. The summed E-state index contributed by atoms with van der Waals surface area (Å²) in [6, 6.07) is 4.57. The molecule has 1 aromatic rings. The summed E-state index contributed by atoms with van der Waals surface area (Å²) in [6.07, 6.45) is -4.64. The Balaban J connectivity index is 1.31. The Hall–Kier alpha value is -1.65. The molecule has 6 nitrogen and oxygen atoms in total. The van der Waals surface area contributed by atoms with Gasteiger partial charge in [0.1, 0.15) is 0 Å². The van der Waals surface area contributed by atoms with Crippen molar-refractivity contribution in [1.82, 2.24) is 9.80 Å². The molecule has 1 N–H and O–H groups in total. The molecule has 2 heterocycles. The van der Waals surface area contributed by atoms with E-state index in [1.54, 1.807) is 4.90 Å². The molecule has 3 aliphatic rings. The molecule has 29 heavy (non-hydrogen) atoms. The molecule has 4 rings (SSSR count). The third-order valence-electron chi connectivity index (χ3n) is 6.16. The Morgan fingerprint density at radius 1 is 1.03 bits per heavy atom. The van der Waals surface area contributed by atoms with E-state index in [-0.39, 0.29) is 29.2 Å². The van der Waals surface area contributed by atoms with Gasteiger partial charge in [0.15, 0.2) is 9.84 Å². The number of carbonyl (C=O) groups is 1. The SMILES string of the molecule is O=C([C@@H]1C[C@@H]1c1ccc(C(F)(F)F)cc1)N1CCN([C@H]2CS(=O)(=O)C[C@@H]2O)CC1. The summed E-state index contributed by atoms with van der Waals surface area (Å²) in [5, 5.41) is 10.0. The number of benzene rings is 1. The molecule has 0 bridgehead atoms. The van der Waals surface area contributed by atoms with E-state index < -0.39 is 33.7 Å². The van der Waals surface area contributed by atoms with Gasteiger partial charge in [0.25, 0.3) is 0 Å². The van der Waals surface area contributed by atoms with Gasteiger partial charge >= 0.3 is 6.18 Å². The van der Waals surface area contributed by atoms with Gasteiger partial charge in [-0.3, -0.25) is 9.69 Å². The molecule has 160 valence electrons. The molecular weight excluding hydrogens is 409 g/mol. The van der Waals surface area contributed by atoms with Crippen LogP contribution in [0.25, 0.3) is 0 Å². The first-order valence-electron chi connectivity index (χ1n) is 9.64. The van der Waals surface area contributed by atoms with Crippen molar-refractivity contribution in [1.29, 1.82) is 0 Å². The van der Waals surface area contributed by atoms with E-state index >= 15 is 0 Å². The number of hydrogen-bond acceptors (Lipinski definition) is 5. The van der Waals surface area contributed by atoms with E-state index in [9.17, 15) is 31.5 Å². The molecule has 3 fully saturated rings. The first-order chi connectivity index (χ1) is 13.5. The van der Waals surface area contributed by atoms with Gasteiger partial charge in [-0.15, -0.1) is 0 Å². The number of sulfone groups is 1. The summed E-state index contributed by atoms with van der Waals surface area (Å²) in [5.41, 5.74) is 0.0475. The van der Waals surface area contributed by atoms with Crippen LogP contribution in [0.5, 0.6) is 0 Å². The molecule has 4 atom stereocenters. The molecule has 10 heteroatoms. The fourth-order valence-electron chi connectivity index (χ4n) is 4.42. The average molecular weight is 432 g/mol. The Kier molecular flexibility index (Phi) is 5.15. The lowest BCUT2D eigenvalue weighted by Gasteiger charge is -2.38. The minimum atomic E-state index is -4.37. The fourth-order valence-corrected chi connectivity index (χ4v) is 6.26. The number of aliphatic hydroxyl groups excluding tert-OH is 1. The highest BCUT2D eigenvalue weighted by Crippen LogP contribution is 2.49. The number of rotatable bonds is 3. The van der Waals surface area contributed by atoms with Crippen molar-refractivity contribution in [2.75, 3.05) is 37.7 Å². The maximum absolute atomic E-state index is 12.7. The maximum Gasteiger partial charge on any atom is 0.416 e. The molecule has 0 spiro atoms. The first-order valence-corrected chi connectivity index (χ1v) is 11.5. The standard InChI is InChI=1S/C19H23F3N2O4S/c20-19(21,22)13-3-1-12(2-4-13)14-9-15(14)18(26)24-7-5-23(6-8-24)16-10-29(27,28)11-17(16)25/h1-4,14-17,25H,5-11H2/t14-,15-,16+,17+/m1/s1. The lowest BCUT2D eigenvalue weighted by atomic mass is 10.1. The zero-order valence-electron chi connectivity index (χ0n) is 15.7. The van der Waals surface area contributed by atoms with Gasteiger partial charge in [0.2, 0.25) is 5.91 Å². The molecule has 0 aromatic heterocycles. The predicted molar refractivity (Wildman–Crippen MR) is 98.9 cm³/mol. The molecule has 0 unspecified atom stereocenters. The molecule has 1 aliphatic carbocycles. The van der Waals surface area contributed by atoms with E-state index in [0.717, 1.165) is 17.7 Å². The third-order valence-corrected chi connectivity index (χ3v) is 7.86. The topological polar surface area (TPSA) is 77.9 Å². The van der Waals surface area contributed by atoms with Crippen LogP contribution in [0.2, 0.25) is 0 Å². The van der Waals surface area contributed by atoms with E-state index in [2.05, 4.69) is 0 Å². The zero-order chi connectivity index (χ0) is 21.0. The largest absolute Gasteiger partial charge is 0.416 e. The van der Waals surface area contributed by atoms with Crippen LogP contribution in [0.4, 0.5) is 13.2 Å². The number of halogens is 3. The van der Waals surface area contributed by atoms with Crippen LogP contribution in [0.1, 0.15) is 23.5 Å². The van der Waals surface area contributed by atoms with E-state index in [0.29, 0.717) is 32.6 Å². The van der Waals surface area contributed by atoms with Gasteiger partial charge < -0.3 is 10.0 Å². The Labute approximate surface area is 167 Å². The normalized spacial score (nSPS) is 32.3. The van der Waals surface area contributed by atoms with Crippen LogP contribution < -0.4 is 0 Å². The molecule has 2 aliphatic heterocycles. The van der Waals surface area contributed by atoms with Crippen molar-refractivity contribution in [2.45, 2.75) is 30.7 Å². The lowest BCUT2D eigenvalue weighted by molar-refractivity contribution is -0.137. The number of carbonyl (C=O) groups excluding carboxylic acids is 1. The smallest absolute Gasteiger partial charge is 0.390 e. The number of alkyl halides is 3. The Morgan fingerprint density at radius 2 is 1.66 bits per heavy atom. The van der Waals surface area contributed by atoms with Crippen LogP contribution in [-0.4, -0.2) is 79.1 Å². The van der Waals surface area contributed by atoms with E-state index in [1.165, 1.54) is 12.1 Å². The summed E-state index contributed by atoms with van der Waals surface area (Å²) in [7, 11) is -3.22. The number of piperazine rings is 1. The second-order valence-electron chi connectivity index (χ2n) is 8.14. The van der Waals surface area contributed by atoms with Gasteiger partial charge in [-0.2, -0.15) is 13.2 Å². The Bertz CT molecular complexity index is 880. The summed E-state index contributed by atoms with van der Waals surface area (Å²) in [4.78, 5) is 16.4. The van der Waals surface area contributed by atoms with Crippen molar-refractivity contribution in [3.05, 3.63) is 35.4 Å². The van der Waals surface area contributed by atoms with Gasteiger partial charge in [-0.05, 0) is 30.0 Å². The maximum atomic E-state index is 12.7. The minimum absolute atomic E-state index is 0.00543. The zero-order valence-corrected chi connectivity index (χ0v) is 16.5. The van der Waals surface area contributed by atoms with Crippen LogP contribution in [-0.2, 0) is 20.8 Å². The summed E-state index contributed by atoms with van der Waals surface area (Å²) < 4.78 is 61.4. The highest BCUT2D eigenvalue weighted by Gasteiger charge is 2.47. The minimum Gasteiger partial charge on any atom is -0.390 e. The van der Waals surface area contributed by atoms with Crippen LogP contribution in [0.3, 0.4) is 0 Å². The number of nitrogens with zero attached hydrogens (tertiary/aromatic N) is 2. The third kappa shape index (κ3) is 4.29. The first kappa shape index (κ1) is 20.6. The van der Waals surface area contributed by atoms with Crippen molar-refractivity contribution in [2.24, 2.45) is 5.92 Å². The summed E-state index contributed by atoms with van der Waals surface area (Å²) in [5.74, 6) is -0.538. The Morgan fingerprint density at radius 3 is 2.17 bits per heavy atom. The van der Waals surface area contributed by atoms with Crippen molar-refractivity contribution >= 4 is 15.7 Å². The quantitative estimate of drug-likeness (QED) is 0.775.